The fourth-order valence-electron chi connectivity index (χ4n) is 1.92. The summed E-state index contributed by atoms with van der Waals surface area (Å²) in [5.74, 6) is 1.75. The van der Waals surface area contributed by atoms with Gasteiger partial charge < -0.3 is 9.32 Å². The van der Waals surface area contributed by atoms with Crippen molar-refractivity contribution in [1.82, 2.24) is 9.97 Å². The average Bonchev–Trinajstić information content (AvgIpc) is 2.82. The second-order valence-electron chi connectivity index (χ2n) is 4.17. The summed E-state index contributed by atoms with van der Waals surface area (Å²) in [5.41, 5.74) is 0.917. The summed E-state index contributed by atoms with van der Waals surface area (Å²) in [4.78, 5) is 10.3. The third-order valence-electron chi connectivity index (χ3n) is 2.81. The molecule has 0 spiro atoms. The Morgan fingerprint density at radius 1 is 1.22 bits per heavy atom. The first-order chi connectivity index (χ1) is 8.83. The van der Waals surface area contributed by atoms with E-state index >= 15 is 0 Å². The van der Waals surface area contributed by atoms with Crippen LogP contribution in [0.4, 0.5) is 5.82 Å². The van der Waals surface area contributed by atoms with E-state index in [0.29, 0.717) is 6.54 Å². The highest BCUT2D eigenvalue weighted by molar-refractivity contribution is 5.77. The molecule has 0 amide bonds. The van der Waals surface area contributed by atoms with Gasteiger partial charge in [0.05, 0.1) is 12.7 Å². The normalized spacial score (nSPS) is 10.7. The lowest BCUT2D eigenvalue weighted by atomic mass is 10.2. The Morgan fingerprint density at radius 2 is 2.11 bits per heavy atom. The average molecular weight is 239 g/mol. The monoisotopic (exact) mass is 239 g/mol. The highest BCUT2D eigenvalue weighted by Gasteiger charge is 2.07. The minimum Gasteiger partial charge on any atom is -0.459 e. The number of para-hydroxylation sites is 1. The molecule has 0 aliphatic rings. The zero-order valence-electron chi connectivity index (χ0n) is 10.1. The Kier molecular flexibility index (Phi) is 2.68. The Balaban J connectivity index is 1.84. The number of hydrogen-bond acceptors (Lipinski definition) is 4. The van der Waals surface area contributed by atoms with E-state index in [1.165, 1.54) is 0 Å². The summed E-state index contributed by atoms with van der Waals surface area (Å²) in [6, 6.07) is 10.1. The van der Waals surface area contributed by atoms with Crippen molar-refractivity contribution in [2.45, 2.75) is 6.54 Å². The van der Waals surface area contributed by atoms with Crippen molar-refractivity contribution in [1.29, 1.82) is 0 Å². The number of fused-ring (bicyclic) bond motifs is 1. The molecule has 0 saturated heterocycles. The largest absolute Gasteiger partial charge is 0.459 e. The fourth-order valence-corrected chi connectivity index (χ4v) is 1.92. The minimum atomic E-state index is 0.674. The molecule has 0 N–H and O–H groups in total. The van der Waals surface area contributed by atoms with Crippen LogP contribution >= 0.6 is 0 Å². The van der Waals surface area contributed by atoms with Crippen molar-refractivity contribution in [3.63, 3.8) is 0 Å². The molecule has 90 valence electrons. The van der Waals surface area contributed by atoms with Crippen molar-refractivity contribution in [3.05, 3.63) is 54.7 Å². The number of aromatic nitrogens is 2. The quantitative estimate of drug-likeness (QED) is 0.704. The van der Waals surface area contributed by atoms with Crippen LogP contribution < -0.4 is 4.90 Å². The summed E-state index contributed by atoms with van der Waals surface area (Å²) >= 11 is 0. The van der Waals surface area contributed by atoms with Crippen molar-refractivity contribution >= 4 is 16.8 Å². The molecule has 0 fully saturated rings. The third kappa shape index (κ3) is 2.05. The van der Waals surface area contributed by atoms with Gasteiger partial charge in [0.1, 0.15) is 17.2 Å². The standard InChI is InChI=1S/C14H13N3O/c1-17(14-9-15-6-7-16-14)10-12-8-11-4-2-3-5-13(11)18-12/h2-9H,10H2,1H3. The van der Waals surface area contributed by atoms with Gasteiger partial charge in [-0.2, -0.15) is 0 Å². The summed E-state index contributed by atoms with van der Waals surface area (Å²) in [6.45, 7) is 0.674. The molecule has 3 aromatic rings. The van der Waals surface area contributed by atoms with E-state index in [2.05, 4.69) is 16.0 Å². The van der Waals surface area contributed by atoms with Crippen LogP contribution in [0, 0.1) is 0 Å². The lowest BCUT2D eigenvalue weighted by molar-refractivity contribution is 0.545. The molecule has 4 heteroatoms. The minimum absolute atomic E-state index is 0.674. The lowest BCUT2D eigenvalue weighted by Gasteiger charge is -2.15. The summed E-state index contributed by atoms with van der Waals surface area (Å²) in [7, 11) is 1.97. The maximum absolute atomic E-state index is 5.77. The van der Waals surface area contributed by atoms with E-state index < -0.39 is 0 Å². The van der Waals surface area contributed by atoms with E-state index in [1.807, 2.05) is 36.2 Å². The summed E-state index contributed by atoms with van der Waals surface area (Å²) < 4.78 is 5.77. The van der Waals surface area contributed by atoms with Gasteiger partial charge in [0.2, 0.25) is 0 Å². The number of benzene rings is 1. The number of furan rings is 1. The van der Waals surface area contributed by atoms with Gasteiger partial charge >= 0.3 is 0 Å². The Morgan fingerprint density at radius 3 is 2.89 bits per heavy atom. The van der Waals surface area contributed by atoms with Crippen LogP contribution in [0.1, 0.15) is 5.76 Å². The van der Waals surface area contributed by atoms with Crippen LogP contribution in [0.5, 0.6) is 0 Å². The first-order valence-electron chi connectivity index (χ1n) is 5.77. The maximum atomic E-state index is 5.77. The predicted molar refractivity (Wildman–Crippen MR) is 70.4 cm³/mol. The fraction of sp³-hybridized carbons (Fsp3) is 0.143. The highest BCUT2D eigenvalue weighted by atomic mass is 16.3. The molecule has 0 unspecified atom stereocenters. The Bertz CT molecular complexity index is 615. The Hall–Kier alpha value is -2.36. The maximum Gasteiger partial charge on any atom is 0.147 e. The third-order valence-corrected chi connectivity index (χ3v) is 2.81. The van der Waals surface area contributed by atoms with Crippen LogP contribution in [0.15, 0.2) is 53.3 Å². The van der Waals surface area contributed by atoms with Gasteiger partial charge in [-0.3, -0.25) is 4.98 Å². The van der Waals surface area contributed by atoms with Crippen LogP contribution in [0.2, 0.25) is 0 Å². The van der Waals surface area contributed by atoms with Gasteiger partial charge in [-0.25, -0.2) is 4.98 Å². The molecule has 0 bridgehead atoms. The highest BCUT2D eigenvalue weighted by Crippen LogP contribution is 2.20. The first-order valence-corrected chi connectivity index (χ1v) is 5.77. The topological polar surface area (TPSA) is 42.2 Å². The molecule has 18 heavy (non-hydrogen) atoms. The molecule has 0 radical (unpaired) electrons. The molecule has 1 aromatic carbocycles. The molecular formula is C14H13N3O. The van der Waals surface area contributed by atoms with Crippen LogP contribution in [-0.4, -0.2) is 17.0 Å². The second kappa shape index (κ2) is 4.49. The van der Waals surface area contributed by atoms with E-state index in [9.17, 15) is 0 Å². The van der Waals surface area contributed by atoms with Crippen molar-refractivity contribution in [3.8, 4) is 0 Å². The van der Waals surface area contributed by atoms with E-state index in [1.54, 1.807) is 18.6 Å². The summed E-state index contributed by atoms with van der Waals surface area (Å²) in [6.07, 6.45) is 5.09. The second-order valence-corrected chi connectivity index (χ2v) is 4.17. The van der Waals surface area contributed by atoms with E-state index in [4.69, 9.17) is 4.42 Å². The molecule has 4 nitrogen and oxygen atoms in total. The number of hydrogen-bond donors (Lipinski definition) is 0. The van der Waals surface area contributed by atoms with Crippen molar-refractivity contribution in [2.75, 3.05) is 11.9 Å². The van der Waals surface area contributed by atoms with Crippen LogP contribution in [-0.2, 0) is 6.54 Å². The number of anilines is 1. The van der Waals surface area contributed by atoms with Gasteiger partial charge in [-0.1, -0.05) is 18.2 Å². The van der Waals surface area contributed by atoms with Gasteiger partial charge in [-0.05, 0) is 12.1 Å². The molecule has 0 saturated carbocycles. The van der Waals surface area contributed by atoms with Gasteiger partial charge in [0.25, 0.3) is 0 Å². The number of nitrogens with zero attached hydrogens (tertiary/aromatic N) is 3. The van der Waals surface area contributed by atoms with Crippen LogP contribution in [0.3, 0.4) is 0 Å². The van der Waals surface area contributed by atoms with Crippen LogP contribution in [0.25, 0.3) is 11.0 Å². The molecule has 0 atom stereocenters. The van der Waals surface area contributed by atoms with Crippen molar-refractivity contribution < 1.29 is 4.42 Å². The summed E-state index contributed by atoms with van der Waals surface area (Å²) in [5, 5.41) is 1.13. The zero-order valence-corrected chi connectivity index (χ0v) is 10.1. The predicted octanol–water partition coefficient (Wildman–Crippen LogP) is 2.86. The molecule has 3 rings (SSSR count). The van der Waals surface area contributed by atoms with Gasteiger partial charge in [-0.15, -0.1) is 0 Å². The van der Waals surface area contributed by atoms with Gasteiger partial charge in [0.15, 0.2) is 0 Å². The molecule has 0 aliphatic heterocycles. The van der Waals surface area contributed by atoms with Crippen molar-refractivity contribution in [2.24, 2.45) is 0 Å². The lowest BCUT2D eigenvalue weighted by Crippen LogP contribution is -2.17. The number of rotatable bonds is 3. The first kappa shape index (κ1) is 10.8. The zero-order chi connectivity index (χ0) is 12.4. The van der Waals surface area contributed by atoms with E-state index in [-0.39, 0.29) is 0 Å². The van der Waals surface area contributed by atoms with E-state index in [0.717, 1.165) is 22.5 Å². The van der Waals surface area contributed by atoms with Gasteiger partial charge in [0, 0.05) is 24.8 Å². The molecule has 2 aromatic heterocycles. The molecule has 0 aliphatic carbocycles. The SMILES string of the molecule is CN(Cc1cc2ccccc2o1)c1cnccn1. The molecular weight excluding hydrogens is 226 g/mol. The smallest absolute Gasteiger partial charge is 0.147 e. The molecule has 2 heterocycles. The Labute approximate surface area is 105 Å².